The highest BCUT2D eigenvalue weighted by atomic mass is 32.1. The molecule has 2 aromatic rings. The van der Waals surface area contributed by atoms with Gasteiger partial charge >= 0.3 is 0 Å². The molecule has 2 rings (SSSR count). The molecule has 0 saturated heterocycles. The highest BCUT2D eigenvalue weighted by Crippen LogP contribution is 2.23. The van der Waals surface area contributed by atoms with Gasteiger partial charge in [-0.25, -0.2) is 4.98 Å². The van der Waals surface area contributed by atoms with E-state index in [-0.39, 0.29) is 0 Å². The average molecular weight is 219 g/mol. The van der Waals surface area contributed by atoms with Crippen molar-refractivity contribution in [1.82, 2.24) is 9.97 Å². The van der Waals surface area contributed by atoms with Gasteiger partial charge in [0.1, 0.15) is 5.82 Å². The van der Waals surface area contributed by atoms with Crippen LogP contribution in [-0.2, 0) is 0 Å². The Morgan fingerprint density at radius 1 is 1.40 bits per heavy atom. The molecule has 0 unspecified atom stereocenters. The van der Waals surface area contributed by atoms with Crippen molar-refractivity contribution in [3.8, 4) is 11.3 Å². The zero-order chi connectivity index (χ0) is 10.7. The van der Waals surface area contributed by atoms with Crippen LogP contribution >= 0.6 is 11.3 Å². The van der Waals surface area contributed by atoms with Gasteiger partial charge < -0.3 is 5.32 Å². The van der Waals surface area contributed by atoms with E-state index in [0.29, 0.717) is 0 Å². The van der Waals surface area contributed by atoms with Gasteiger partial charge in [0, 0.05) is 22.4 Å². The molecule has 0 radical (unpaired) electrons. The number of aryl methyl sites for hydroxylation is 1. The van der Waals surface area contributed by atoms with Crippen LogP contribution in [0, 0.1) is 6.92 Å². The van der Waals surface area contributed by atoms with Gasteiger partial charge in [-0.05, 0) is 19.9 Å². The van der Waals surface area contributed by atoms with Gasteiger partial charge in [0.2, 0.25) is 0 Å². The van der Waals surface area contributed by atoms with E-state index in [1.54, 1.807) is 23.7 Å². The number of nitrogens with zero attached hydrogens (tertiary/aromatic N) is 2. The third-order valence-corrected chi connectivity index (χ3v) is 2.88. The Morgan fingerprint density at radius 2 is 2.27 bits per heavy atom. The summed E-state index contributed by atoms with van der Waals surface area (Å²) < 4.78 is 0. The van der Waals surface area contributed by atoms with Crippen molar-refractivity contribution in [2.45, 2.75) is 13.8 Å². The number of hydrogen-bond acceptors (Lipinski definition) is 4. The number of nitrogens with one attached hydrogen (secondary N) is 1. The number of hydrogen-bond donors (Lipinski definition) is 1. The van der Waals surface area contributed by atoms with Gasteiger partial charge in [-0.15, -0.1) is 11.3 Å². The molecule has 3 nitrogen and oxygen atoms in total. The quantitative estimate of drug-likeness (QED) is 0.862. The van der Waals surface area contributed by atoms with E-state index >= 15 is 0 Å². The maximum Gasteiger partial charge on any atom is 0.145 e. The molecule has 2 heterocycles. The Bertz CT molecular complexity index is 451. The maximum absolute atomic E-state index is 4.48. The molecule has 0 aliphatic rings. The molecular formula is C11H13N3S. The predicted molar refractivity (Wildman–Crippen MR) is 64.2 cm³/mol. The van der Waals surface area contributed by atoms with E-state index in [9.17, 15) is 0 Å². The third-order valence-electron chi connectivity index (χ3n) is 2.02. The number of thiophene rings is 1. The number of aromatic nitrogens is 2. The zero-order valence-electron chi connectivity index (χ0n) is 8.82. The Balaban J connectivity index is 2.32. The minimum absolute atomic E-state index is 0.832. The first-order valence-corrected chi connectivity index (χ1v) is 5.79. The monoisotopic (exact) mass is 219 g/mol. The second kappa shape index (κ2) is 4.40. The van der Waals surface area contributed by atoms with Crippen molar-refractivity contribution in [3.05, 3.63) is 28.7 Å². The minimum Gasteiger partial charge on any atom is -0.369 e. The molecule has 4 heteroatoms. The second-order valence-corrected chi connectivity index (χ2v) is 4.38. The number of anilines is 1. The van der Waals surface area contributed by atoms with Crippen molar-refractivity contribution in [2.24, 2.45) is 0 Å². The van der Waals surface area contributed by atoms with Crippen LogP contribution in [-0.4, -0.2) is 16.5 Å². The summed E-state index contributed by atoms with van der Waals surface area (Å²) in [6, 6.07) is 2.13. The second-order valence-electron chi connectivity index (χ2n) is 3.27. The van der Waals surface area contributed by atoms with Gasteiger partial charge in [0.25, 0.3) is 0 Å². The van der Waals surface area contributed by atoms with Crippen LogP contribution in [0.3, 0.4) is 0 Å². The first kappa shape index (κ1) is 10.1. The van der Waals surface area contributed by atoms with Crippen molar-refractivity contribution >= 4 is 17.2 Å². The van der Waals surface area contributed by atoms with E-state index in [1.165, 1.54) is 4.88 Å². The van der Waals surface area contributed by atoms with Crippen molar-refractivity contribution in [1.29, 1.82) is 0 Å². The average Bonchev–Trinajstić information content (AvgIpc) is 2.66. The van der Waals surface area contributed by atoms with Gasteiger partial charge in [0.05, 0.1) is 18.1 Å². The molecule has 0 bridgehead atoms. The predicted octanol–water partition coefficient (Wildman–Crippen LogP) is 2.95. The van der Waals surface area contributed by atoms with Crippen molar-refractivity contribution in [2.75, 3.05) is 11.9 Å². The summed E-state index contributed by atoms with van der Waals surface area (Å²) in [6.07, 6.45) is 3.54. The highest BCUT2D eigenvalue weighted by Gasteiger charge is 2.02. The van der Waals surface area contributed by atoms with E-state index < -0.39 is 0 Å². The van der Waals surface area contributed by atoms with Crippen LogP contribution in [0.2, 0.25) is 0 Å². The summed E-state index contributed by atoms with van der Waals surface area (Å²) in [5.41, 5.74) is 2.07. The summed E-state index contributed by atoms with van der Waals surface area (Å²) in [5, 5.41) is 5.26. The van der Waals surface area contributed by atoms with Crippen LogP contribution < -0.4 is 5.32 Å². The zero-order valence-corrected chi connectivity index (χ0v) is 9.64. The Hall–Kier alpha value is -1.42. The first-order chi connectivity index (χ1) is 7.29. The van der Waals surface area contributed by atoms with E-state index in [4.69, 9.17) is 0 Å². The Morgan fingerprint density at radius 3 is 2.93 bits per heavy atom. The molecule has 0 aromatic carbocycles. The third kappa shape index (κ3) is 2.33. The van der Waals surface area contributed by atoms with E-state index in [1.807, 2.05) is 6.92 Å². The normalized spacial score (nSPS) is 10.3. The maximum atomic E-state index is 4.48. The van der Waals surface area contributed by atoms with Gasteiger partial charge in [-0.3, -0.25) is 4.98 Å². The van der Waals surface area contributed by atoms with Gasteiger partial charge in [0.15, 0.2) is 0 Å². The molecule has 0 aliphatic carbocycles. The van der Waals surface area contributed by atoms with Crippen LogP contribution in [0.1, 0.15) is 11.8 Å². The minimum atomic E-state index is 0.832. The summed E-state index contributed by atoms with van der Waals surface area (Å²) in [4.78, 5) is 9.94. The molecule has 15 heavy (non-hydrogen) atoms. The molecule has 0 fully saturated rings. The molecule has 0 saturated carbocycles. The lowest BCUT2D eigenvalue weighted by atomic mass is 10.2. The molecule has 0 atom stereocenters. The lowest BCUT2D eigenvalue weighted by Crippen LogP contribution is -2.00. The molecular weight excluding hydrogens is 206 g/mol. The van der Waals surface area contributed by atoms with E-state index in [0.717, 1.165) is 23.6 Å². The molecule has 0 spiro atoms. The SMILES string of the molecule is CCNc1cncc(-c2csc(C)c2)n1. The molecule has 0 aliphatic heterocycles. The first-order valence-electron chi connectivity index (χ1n) is 4.91. The van der Waals surface area contributed by atoms with Crippen LogP contribution in [0.25, 0.3) is 11.3 Å². The fraction of sp³-hybridized carbons (Fsp3) is 0.273. The standard InChI is InChI=1S/C11H13N3S/c1-3-13-11-6-12-5-10(14-11)9-4-8(2)15-7-9/h4-7H,3H2,1-2H3,(H,13,14). The van der Waals surface area contributed by atoms with Crippen molar-refractivity contribution < 1.29 is 0 Å². The van der Waals surface area contributed by atoms with Crippen LogP contribution in [0.5, 0.6) is 0 Å². The van der Waals surface area contributed by atoms with Gasteiger partial charge in [-0.2, -0.15) is 0 Å². The summed E-state index contributed by atoms with van der Waals surface area (Å²) in [5.74, 6) is 0.832. The van der Waals surface area contributed by atoms with Crippen LogP contribution in [0.15, 0.2) is 23.8 Å². The number of rotatable bonds is 3. The van der Waals surface area contributed by atoms with E-state index in [2.05, 4.69) is 33.7 Å². The summed E-state index contributed by atoms with van der Waals surface area (Å²) in [7, 11) is 0. The smallest absolute Gasteiger partial charge is 0.145 e. The Labute approximate surface area is 93.2 Å². The molecule has 2 aromatic heterocycles. The lowest BCUT2D eigenvalue weighted by Gasteiger charge is -2.02. The lowest BCUT2D eigenvalue weighted by molar-refractivity contribution is 1.12. The molecule has 0 amide bonds. The van der Waals surface area contributed by atoms with Crippen LogP contribution in [0.4, 0.5) is 5.82 Å². The summed E-state index contributed by atoms with van der Waals surface area (Å²) in [6.45, 7) is 5.00. The molecule has 1 N–H and O–H groups in total. The molecule has 78 valence electrons. The van der Waals surface area contributed by atoms with Gasteiger partial charge in [-0.1, -0.05) is 0 Å². The highest BCUT2D eigenvalue weighted by molar-refractivity contribution is 7.10. The fourth-order valence-electron chi connectivity index (χ4n) is 1.35. The fourth-order valence-corrected chi connectivity index (χ4v) is 2.05. The summed E-state index contributed by atoms with van der Waals surface area (Å²) >= 11 is 1.73. The largest absolute Gasteiger partial charge is 0.369 e. The topological polar surface area (TPSA) is 37.8 Å². The van der Waals surface area contributed by atoms with Crippen molar-refractivity contribution in [3.63, 3.8) is 0 Å². The Kier molecular flexibility index (Phi) is 2.97.